The number of hydrogen-bond donors (Lipinski definition) is 2. The number of aromatic nitrogens is 3. The molecule has 0 saturated heterocycles. The number of aliphatic hydroxyl groups is 1. The highest BCUT2D eigenvalue weighted by atomic mass is 16.5. The lowest BCUT2D eigenvalue weighted by molar-refractivity contribution is 0.280. The average molecular weight is 233 g/mol. The van der Waals surface area contributed by atoms with E-state index in [1.165, 1.54) is 0 Å². The summed E-state index contributed by atoms with van der Waals surface area (Å²) in [5.74, 6) is 0.937. The molecule has 0 unspecified atom stereocenters. The molecule has 2 aromatic rings. The fourth-order valence-electron chi connectivity index (χ4n) is 1.50. The second kappa shape index (κ2) is 4.97. The van der Waals surface area contributed by atoms with Gasteiger partial charge >= 0.3 is 0 Å². The molecule has 0 atom stereocenters. The first-order valence-corrected chi connectivity index (χ1v) is 5.52. The van der Waals surface area contributed by atoms with Crippen molar-refractivity contribution in [1.29, 1.82) is 0 Å². The molecule has 0 fully saturated rings. The quantitative estimate of drug-likeness (QED) is 0.846. The van der Waals surface area contributed by atoms with E-state index in [4.69, 9.17) is 9.84 Å². The zero-order chi connectivity index (χ0) is 12.3. The molecule has 17 heavy (non-hydrogen) atoms. The highest BCUT2D eigenvalue weighted by Crippen LogP contribution is 2.20. The third-order valence-electron chi connectivity index (χ3n) is 2.35. The van der Waals surface area contributed by atoms with Crippen LogP contribution in [-0.4, -0.2) is 20.3 Å². The van der Waals surface area contributed by atoms with Crippen LogP contribution in [0.2, 0.25) is 0 Å². The molecule has 0 saturated carbocycles. The molecule has 2 N–H and O–H groups in total. The van der Waals surface area contributed by atoms with E-state index in [1.54, 1.807) is 12.1 Å². The van der Waals surface area contributed by atoms with Crippen LogP contribution in [0.4, 0.5) is 0 Å². The maximum absolute atomic E-state index is 9.15. The van der Waals surface area contributed by atoms with Gasteiger partial charge in [0.25, 0.3) is 0 Å². The van der Waals surface area contributed by atoms with Crippen molar-refractivity contribution in [2.24, 2.45) is 0 Å². The molecule has 2 heterocycles. The van der Waals surface area contributed by atoms with Crippen molar-refractivity contribution < 1.29 is 9.84 Å². The molecule has 0 aliphatic rings. The fraction of sp³-hybridized carbons (Fsp3) is 0.333. The highest BCUT2D eigenvalue weighted by Gasteiger charge is 2.05. The molecule has 90 valence electrons. The predicted molar refractivity (Wildman–Crippen MR) is 62.9 cm³/mol. The summed E-state index contributed by atoms with van der Waals surface area (Å²) in [5, 5.41) is 15.9. The van der Waals surface area contributed by atoms with Crippen LogP contribution in [0, 0.1) is 6.92 Å². The molecular weight excluding hydrogens is 218 g/mol. The Morgan fingerprint density at radius 3 is 2.71 bits per heavy atom. The number of aromatic amines is 1. The van der Waals surface area contributed by atoms with Crippen molar-refractivity contribution in [3.63, 3.8) is 0 Å². The minimum atomic E-state index is -0.0223. The van der Waals surface area contributed by atoms with Crippen molar-refractivity contribution in [3.8, 4) is 11.8 Å². The van der Waals surface area contributed by atoms with Gasteiger partial charge in [-0.2, -0.15) is 0 Å². The summed E-state index contributed by atoms with van der Waals surface area (Å²) in [6.07, 6.45) is 0.795. The van der Waals surface area contributed by atoms with Gasteiger partial charge in [-0.3, -0.25) is 5.10 Å². The third kappa shape index (κ3) is 2.82. The summed E-state index contributed by atoms with van der Waals surface area (Å²) in [4.78, 5) is 4.32. The summed E-state index contributed by atoms with van der Waals surface area (Å²) in [6.45, 7) is 3.88. The molecule has 0 aliphatic carbocycles. The first-order valence-electron chi connectivity index (χ1n) is 5.52. The van der Waals surface area contributed by atoms with Gasteiger partial charge in [0.05, 0.1) is 6.61 Å². The fourth-order valence-corrected chi connectivity index (χ4v) is 1.50. The van der Waals surface area contributed by atoms with Gasteiger partial charge in [0, 0.05) is 23.5 Å². The molecule has 0 aliphatic heterocycles. The van der Waals surface area contributed by atoms with Gasteiger partial charge < -0.3 is 9.84 Å². The maximum atomic E-state index is 9.15. The number of hydrogen-bond acceptors (Lipinski definition) is 4. The molecule has 5 nitrogen and oxygen atoms in total. The molecular formula is C12H15N3O2. The van der Waals surface area contributed by atoms with Gasteiger partial charge in [0.2, 0.25) is 11.8 Å². The zero-order valence-corrected chi connectivity index (χ0v) is 9.90. The van der Waals surface area contributed by atoms with Gasteiger partial charge in [0.15, 0.2) is 0 Å². The largest absolute Gasteiger partial charge is 0.419 e. The Morgan fingerprint density at radius 1 is 1.29 bits per heavy atom. The molecule has 2 rings (SSSR count). The van der Waals surface area contributed by atoms with Gasteiger partial charge in [-0.15, -0.1) is 5.10 Å². The number of ether oxygens (including phenoxy) is 1. The zero-order valence-electron chi connectivity index (χ0n) is 9.90. The topological polar surface area (TPSA) is 71.0 Å². The second-order valence-corrected chi connectivity index (χ2v) is 3.81. The summed E-state index contributed by atoms with van der Waals surface area (Å²) >= 11 is 0. The Kier molecular flexibility index (Phi) is 3.39. The van der Waals surface area contributed by atoms with Gasteiger partial charge in [-0.05, 0) is 25.0 Å². The molecule has 0 aromatic carbocycles. The summed E-state index contributed by atoms with van der Waals surface area (Å²) < 4.78 is 5.52. The van der Waals surface area contributed by atoms with E-state index in [2.05, 4.69) is 15.2 Å². The van der Waals surface area contributed by atoms with E-state index in [9.17, 15) is 0 Å². The Morgan fingerprint density at radius 2 is 2.12 bits per heavy atom. The van der Waals surface area contributed by atoms with Crippen molar-refractivity contribution in [3.05, 3.63) is 35.2 Å². The van der Waals surface area contributed by atoms with Crippen LogP contribution < -0.4 is 4.74 Å². The van der Waals surface area contributed by atoms with Crippen LogP contribution in [0.15, 0.2) is 18.2 Å². The first kappa shape index (κ1) is 11.6. The number of pyridine rings is 1. The lowest BCUT2D eigenvalue weighted by Gasteiger charge is -2.05. The summed E-state index contributed by atoms with van der Waals surface area (Å²) in [7, 11) is 0. The monoisotopic (exact) mass is 233 g/mol. The van der Waals surface area contributed by atoms with Crippen LogP contribution >= 0.6 is 0 Å². The SMILES string of the molecule is CCc1cc(CO)cc(Oc2cc(C)[nH]n2)n1. The first-order chi connectivity index (χ1) is 8.21. The van der Waals surface area contributed by atoms with Gasteiger partial charge in [0.1, 0.15) is 0 Å². The van der Waals surface area contributed by atoms with E-state index in [0.717, 1.165) is 23.4 Å². The van der Waals surface area contributed by atoms with Crippen LogP contribution in [0.3, 0.4) is 0 Å². The Bertz CT molecular complexity index is 486. The molecule has 2 aromatic heterocycles. The van der Waals surface area contributed by atoms with E-state index >= 15 is 0 Å². The van der Waals surface area contributed by atoms with Crippen LogP contribution in [0.5, 0.6) is 11.8 Å². The van der Waals surface area contributed by atoms with Crippen molar-refractivity contribution in [2.45, 2.75) is 26.9 Å². The smallest absolute Gasteiger partial charge is 0.240 e. The number of nitrogens with one attached hydrogen (secondary N) is 1. The minimum Gasteiger partial charge on any atom is -0.419 e. The van der Waals surface area contributed by atoms with Crippen LogP contribution in [0.1, 0.15) is 23.9 Å². The Balaban J connectivity index is 2.25. The summed E-state index contributed by atoms with van der Waals surface area (Å²) in [5.41, 5.74) is 2.60. The molecule has 0 bridgehead atoms. The van der Waals surface area contributed by atoms with Crippen molar-refractivity contribution in [2.75, 3.05) is 0 Å². The molecule has 0 spiro atoms. The van der Waals surface area contributed by atoms with E-state index in [0.29, 0.717) is 11.8 Å². The summed E-state index contributed by atoms with van der Waals surface area (Å²) in [6, 6.07) is 5.37. The highest BCUT2D eigenvalue weighted by molar-refractivity contribution is 5.28. The average Bonchev–Trinajstić information content (AvgIpc) is 2.74. The lowest BCUT2D eigenvalue weighted by atomic mass is 10.2. The van der Waals surface area contributed by atoms with Crippen LogP contribution in [0.25, 0.3) is 0 Å². The number of aliphatic hydroxyl groups excluding tert-OH is 1. The number of H-pyrrole nitrogens is 1. The standard InChI is InChI=1S/C12H15N3O2/c1-3-10-5-9(7-16)6-11(13-10)17-12-4-8(2)14-15-12/h4-6,16H,3,7H2,1-2H3,(H,14,15). The van der Waals surface area contributed by atoms with E-state index < -0.39 is 0 Å². The number of nitrogens with zero attached hydrogens (tertiary/aromatic N) is 2. The second-order valence-electron chi connectivity index (χ2n) is 3.81. The third-order valence-corrected chi connectivity index (χ3v) is 2.35. The van der Waals surface area contributed by atoms with E-state index in [1.807, 2.05) is 19.9 Å². The molecule has 0 radical (unpaired) electrons. The van der Waals surface area contributed by atoms with Crippen LogP contribution in [-0.2, 0) is 13.0 Å². The number of aryl methyl sites for hydroxylation is 2. The minimum absolute atomic E-state index is 0.0223. The Hall–Kier alpha value is -1.88. The maximum Gasteiger partial charge on any atom is 0.240 e. The van der Waals surface area contributed by atoms with Crippen molar-refractivity contribution in [1.82, 2.24) is 15.2 Å². The Labute approximate surface area is 99.5 Å². The van der Waals surface area contributed by atoms with E-state index in [-0.39, 0.29) is 6.61 Å². The van der Waals surface area contributed by atoms with Gasteiger partial charge in [-0.1, -0.05) is 6.92 Å². The van der Waals surface area contributed by atoms with Gasteiger partial charge in [-0.25, -0.2) is 4.98 Å². The normalized spacial score (nSPS) is 10.5. The lowest BCUT2D eigenvalue weighted by Crippen LogP contribution is -1.96. The molecule has 0 amide bonds. The molecule has 5 heteroatoms. The predicted octanol–water partition coefficient (Wildman–Crippen LogP) is 1.96. The van der Waals surface area contributed by atoms with Crippen molar-refractivity contribution >= 4 is 0 Å². The number of rotatable bonds is 4.